The molecule has 1 saturated heterocycles. The van der Waals surface area contributed by atoms with Crippen LogP contribution in [-0.4, -0.2) is 71.5 Å². The second-order valence-electron chi connectivity index (χ2n) is 7.85. The third-order valence-corrected chi connectivity index (χ3v) is 6.02. The van der Waals surface area contributed by atoms with Crippen molar-refractivity contribution in [3.63, 3.8) is 0 Å². The second kappa shape index (κ2) is 10.9. The van der Waals surface area contributed by atoms with Gasteiger partial charge in [0.25, 0.3) is 0 Å². The summed E-state index contributed by atoms with van der Waals surface area (Å²) in [6.07, 6.45) is 0.598. The minimum absolute atomic E-state index is 0.277. The lowest BCUT2D eigenvalue weighted by molar-refractivity contribution is -0.139. The van der Waals surface area contributed by atoms with E-state index < -0.39 is 5.97 Å². The Morgan fingerprint density at radius 1 is 1.29 bits per heavy atom. The molecule has 2 amide bonds. The molecule has 1 aromatic heterocycles. The maximum Gasteiger partial charge on any atom is 0.337 e. The number of carbonyl (C=O) groups excluding carboxylic acids is 2. The fourth-order valence-corrected chi connectivity index (χ4v) is 4.53. The number of rotatable bonds is 9. The molecule has 0 aromatic carbocycles. The number of anilines is 1. The van der Waals surface area contributed by atoms with Crippen molar-refractivity contribution in [1.82, 2.24) is 25.4 Å². The minimum Gasteiger partial charge on any atom is -0.463 e. The minimum atomic E-state index is -0.407. The molecule has 1 fully saturated rings. The maximum atomic E-state index is 12.6. The van der Waals surface area contributed by atoms with E-state index in [9.17, 15) is 9.59 Å². The van der Waals surface area contributed by atoms with Gasteiger partial charge in [0.1, 0.15) is 0 Å². The van der Waals surface area contributed by atoms with E-state index in [2.05, 4.69) is 44.1 Å². The molecule has 1 atom stereocenters. The van der Waals surface area contributed by atoms with E-state index in [0.717, 1.165) is 30.7 Å². The van der Waals surface area contributed by atoms with Gasteiger partial charge in [-0.2, -0.15) is 0 Å². The Balaban J connectivity index is 1.85. The summed E-state index contributed by atoms with van der Waals surface area (Å²) in [6, 6.07) is -0.686. The summed E-state index contributed by atoms with van der Waals surface area (Å²) in [5, 5.41) is 15.2. The quantitative estimate of drug-likeness (QED) is 0.431. The van der Waals surface area contributed by atoms with Gasteiger partial charge in [0.2, 0.25) is 5.95 Å². The zero-order valence-electron chi connectivity index (χ0n) is 18.6. The van der Waals surface area contributed by atoms with Gasteiger partial charge in [0, 0.05) is 31.1 Å². The summed E-state index contributed by atoms with van der Waals surface area (Å²) in [5.74, 6) is 1.22. The van der Waals surface area contributed by atoms with Crippen LogP contribution in [0.5, 0.6) is 0 Å². The van der Waals surface area contributed by atoms with E-state index >= 15 is 0 Å². The first-order valence-electron chi connectivity index (χ1n) is 10.8. The monoisotopic (exact) mass is 452 g/mol. The fraction of sp³-hybridized carbons (Fsp3) is 0.700. The number of esters is 1. The van der Waals surface area contributed by atoms with Crippen LogP contribution in [0.2, 0.25) is 0 Å². The molecule has 11 heteroatoms. The second-order valence-corrected chi connectivity index (χ2v) is 8.79. The van der Waals surface area contributed by atoms with Gasteiger partial charge in [-0.25, -0.2) is 9.59 Å². The molecule has 3 heterocycles. The zero-order valence-corrected chi connectivity index (χ0v) is 19.5. The summed E-state index contributed by atoms with van der Waals surface area (Å²) >= 11 is 1.46. The maximum absolute atomic E-state index is 12.6. The lowest BCUT2D eigenvalue weighted by Gasteiger charge is -2.29. The van der Waals surface area contributed by atoms with Crippen LogP contribution in [0.3, 0.4) is 0 Å². The number of aromatic nitrogens is 3. The summed E-state index contributed by atoms with van der Waals surface area (Å²) in [7, 11) is 0. The van der Waals surface area contributed by atoms with Crippen LogP contribution in [0.15, 0.2) is 16.4 Å². The highest BCUT2D eigenvalue weighted by Gasteiger charge is 2.32. The van der Waals surface area contributed by atoms with E-state index in [-0.39, 0.29) is 18.7 Å². The molecule has 0 spiro atoms. The number of carbonyl (C=O) groups is 2. The fourth-order valence-electron chi connectivity index (χ4n) is 3.62. The van der Waals surface area contributed by atoms with Gasteiger partial charge < -0.3 is 25.0 Å². The third kappa shape index (κ3) is 5.70. The Kier molecular flexibility index (Phi) is 8.19. The van der Waals surface area contributed by atoms with E-state index in [0.29, 0.717) is 42.6 Å². The van der Waals surface area contributed by atoms with Crippen LogP contribution in [-0.2, 0) is 20.8 Å². The van der Waals surface area contributed by atoms with Crippen molar-refractivity contribution in [2.75, 3.05) is 43.6 Å². The Hall–Kier alpha value is -2.27. The number of ether oxygens (including phenoxy) is 2. The van der Waals surface area contributed by atoms with Crippen LogP contribution in [0.1, 0.15) is 34.1 Å². The van der Waals surface area contributed by atoms with E-state index in [1.165, 1.54) is 11.8 Å². The first kappa shape index (κ1) is 23.4. The lowest BCUT2D eigenvalue weighted by Crippen LogP contribution is -2.50. The van der Waals surface area contributed by atoms with Crippen molar-refractivity contribution in [3.8, 4) is 0 Å². The molecule has 31 heavy (non-hydrogen) atoms. The average Bonchev–Trinajstić information content (AvgIpc) is 3.14. The Morgan fingerprint density at radius 3 is 2.68 bits per heavy atom. The molecule has 2 aliphatic rings. The van der Waals surface area contributed by atoms with E-state index in [1.54, 1.807) is 6.92 Å². The van der Waals surface area contributed by atoms with Gasteiger partial charge in [-0.1, -0.05) is 32.5 Å². The largest absolute Gasteiger partial charge is 0.463 e. The number of thioether (sulfide) groups is 1. The molecule has 172 valence electrons. The number of amides is 2. The summed E-state index contributed by atoms with van der Waals surface area (Å²) in [6.45, 7) is 11.9. The SMILES string of the molecule is CCOC(=O)C1=C(CSc2nnc(N3CCOCC3)n2CC(C)C)NC(=O)N[C@@H]1CC. The molecule has 2 aliphatic heterocycles. The third-order valence-electron chi connectivity index (χ3n) is 5.03. The van der Waals surface area contributed by atoms with Crippen molar-refractivity contribution in [2.45, 2.75) is 51.9 Å². The molecule has 0 radical (unpaired) electrons. The van der Waals surface area contributed by atoms with Crippen LogP contribution < -0.4 is 15.5 Å². The van der Waals surface area contributed by atoms with Gasteiger partial charge in [0.15, 0.2) is 5.16 Å². The number of hydrogen-bond donors (Lipinski definition) is 2. The predicted molar refractivity (Wildman–Crippen MR) is 118 cm³/mol. The highest BCUT2D eigenvalue weighted by Crippen LogP contribution is 2.27. The van der Waals surface area contributed by atoms with Crippen LogP contribution >= 0.6 is 11.8 Å². The first-order valence-corrected chi connectivity index (χ1v) is 11.8. The van der Waals surface area contributed by atoms with E-state index in [4.69, 9.17) is 9.47 Å². The topological polar surface area (TPSA) is 111 Å². The predicted octanol–water partition coefficient (Wildman–Crippen LogP) is 1.77. The van der Waals surface area contributed by atoms with Crippen molar-refractivity contribution >= 4 is 29.7 Å². The molecule has 3 rings (SSSR count). The normalized spacial score (nSPS) is 19.5. The van der Waals surface area contributed by atoms with Gasteiger partial charge in [-0.05, 0) is 19.3 Å². The van der Waals surface area contributed by atoms with Gasteiger partial charge in [-0.3, -0.25) is 4.57 Å². The van der Waals surface area contributed by atoms with Crippen molar-refractivity contribution in [1.29, 1.82) is 0 Å². The number of nitrogens with zero attached hydrogens (tertiary/aromatic N) is 4. The van der Waals surface area contributed by atoms with E-state index in [1.807, 2.05) is 6.92 Å². The number of urea groups is 1. The number of morpholine rings is 1. The average molecular weight is 453 g/mol. The molecule has 2 N–H and O–H groups in total. The zero-order chi connectivity index (χ0) is 22.4. The molecule has 0 unspecified atom stereocenters. The van der Waals surface area contributed by atoms with Gasteiger partial charge >= 0.3 is 12.0 Å². The molecular formula is C20H32N6O4S. The van der Waals surface area contributed by atoms with Crippen LogP contribution in [0.25, 0.3) is 0 Å². The van der Waals surface area contributed by atoms with Crippen molar-refractivity contribution in [3.05, 3.63) is 11.3 Å². The standard InChI is InChI=1S/C20H32N6O4S/c1-5-14-16(17(27)30-6-2)15(22-18(28)21-14)12-31-20-24-23-19(26(20)11-13(3)4)25-7-9-29-10-8-25/h13-14H,5-12H2,1-4H3,(H2,21,22,28)/t14-/m1/s1. The molecule has 0 saturated carbocycles. The molecular weight excluding hydrogens is 420 g/mol. The van der Waals surface area contributed by atoms with Crippen LogP contribution in [0.4, 0.5) is 10.7 Å². The Labute approximate surface area is 187 Å². The molecule has 0 bridgehead atoms. The number of nitrogens with one attached hydrogen (secondary N) is 2. The number of hydrogen-bond acceptors (Lipinski definition) is 8. The van der Waals surface area contributed by atoms with Gasteiger partial charge in [-0.15, -0.1) is 10.2 Å². The van der Waals surface area contributed by atoms with Gasteiger partial charge in [0.05, 0.1) is 31.4 Å². The van der Waals surface area contributed by atoms with Crippen molar-refractivity contribution in [2.24, 2.45) is 5.92 Å². The summed E-state index contributed by atoms with van der Waals surface area (Å²) in [5.41, 5.74) is 1.03. The summed E-state index contributed by atoms with van der Waals surface area (Å²) in [4.78, 5) is 26.9. The highest BCUT2D eigenvalue weighted by atomic mass is 32.2. The van der Waals surface area contributed by atoms with Crippen LogP contribution in [0, 0.1) is 5.92 Å². The van der Waals surface area contributed by atoms with Crippen molar-refractivity contribution < 1.29 is 19.1 Å². The Bertz CT molecular complexity index is 819. The molecule has 10 nitrogen and oxygen atoms in total. The first-order chi connectivity index (χ1) is 14.9. The highest BCUT2D eigenvalue weighted by molar-refractivity contribution is 7.99. The Morgan fingerprint density at radius 2 is 2.03 bits per heavy atom. The lowest BCUT2D eigenvalue weighted by atomic mass is 10.0. The molecule has 0 aliphatic carbocycles. The smallest absolute Gasteiger partial charge is 0.337 e. The summed E-state index contributed by atoms with van der Waals surface area (Å²) < 4.78 is 12.8. The molecule has 1 aromatic rings.